The summed E-state index contributed by atoms with van der Waals surface area (Å²) in [5.41, 5.74) is 2.25. The Kier molecular flexibility index (Phi) is 5.60. The van der Waals surface area contributed by atoms with Crippen LogP contribution in [0.1, 0.15) is 6.42 Å². The van der Waals surface area contributed by atoms with Crippen LogP contribution in [0.25, 0.3) is 0 Å². The molecule has 0 radical (unpaired) electrons. The number of nitrogens with zero attached hydrogens (tertiary/aromatic N) is 4. The number of nitrogen functional groups attached to an aromatic ring is 1. The van der Waals surface area contributed by atoms with Crippen molar-refractivity contribution in [1.82, 2.24) is 19.2 Å². The van der Waals surface area contributed by atoms with Crippen molar-refractivity contribution in [3.63, 3.8) is 0 Å². The lowest BCUT2D eigenvalue weighted by atomic mass is 10.4. The summed E-state index contributed by atoms with van der Waals surface area (Å²) in [5.74, 6) is 5.30. The maximum absolute atomic E-state index is 12.2. The Bertz CT molecular complexity index is 487. The van der Waals surface area contributed by atoms with Gasteiger partial charge in [-0.1, -0.05) is 0 Å². The van der Waals surface area contributed by atoms with Crippen LogP contribution in [0.15, 0.2) is 17.3 Å². The molecule has 19 heavy (non-hydrogen) atoms. The number of rotatable bonds is 7. The Hall–Kier alpha value is -1.29. The van der Waals surface area contributed by atoms with E-state index in [0.717, 1.165) is 13.0 Å². The molecule has 0 unspecified atom stereocenters. The van der Waals surface area contributed by atoms with Gasteiger partial charge in [0.25, 0.3) is 0 Å². The highest BCUT2D eigenvalue weighted by molar-refractivity contribution is 7.89. The second kappa shape index (κ2) is 6.75. The molecular formula is C10H20N6O2S. The van der Waals surface area contributed by atoms with Crippen molar-refractivity contribution in [2.45, 2.75) is 11.3 Å². The van der Waals surface area contributed by atoms with E-state index >= 15 is 0 Å². The molecule has 1 aromatic heterocycles. The molecule has 0 aromatic carbocycles. The molecule has 1 aromatic rings. The van der Waals surface area contributed by atoms with E-state index in [-0.39, 0.29) is 10.8 Å². The molecule has 0 amide bonds. The average molecular weight is 288 g/mol. The van der Waals surface area contributed by atoms with Crippen LogP contribution < -0.4 is 11.3 Å². The summed E-state index contributed by atoms with van der Waals surface area (Å²) < 4.78 is 25.7. The standard InChI is InChI=1S/C10H20N6O2S/c1-15(2)5-4-6-16(3)19(17,18)9-7-12-10(14-11)13-8-9/h7-8H,4-6,11H2,1-3H3,(H,12,13,14). The van der Waals surface area contributed by atoms with Gasteiger partial charge in [-0.15, -0.1) is 0 Å². The number of hydrazine groups is 1. The smallest absolute Gasteiger partial charge is 0.245 e. The van der Waals surface area contributed by atoms with Gasteiger partial charge in [0.05, 0.1) is 12.4 Å². The number of hydrogen-bond donors (Lipinski definition) is 2. The van der Waals surface area contributed by atoms with E-state index in [1.807, 2.05) is 19.0 Å². The van der Waals surface area contributed by atoms with Crippen molar-refractivity contribution in [2.75, 3.05) is 39.7 Å². The zero-order valence-electron chi connectivity index (χ0n) is 11.4. The third-order valence-corrected chi connectivity index (χ3v) is 4.35. The van der Waals surface area contributed by atoms with Gasteiger partial charge in [0, 0.05) is 13.6 Å². The van der Waals surface area contributed by atoms with E-state index in [2.05, 4.69) is 15.4 Å². The molecule has 0 saturated carbocycles. The molecule has 0 fully saturated rings. The molecule has 0 bridgehead atoms. The molecule has 0 aliphatic rings. The summed E-state index contributed by atoms with van der Waals surface area (Å²) in [5, 5.41) is 0. The van der Waals surface area contributed by atoms with Crippen LogP contribution in [-0.4, -0.2) is 61.8 Å². The van der Waals surface area contributed by atoms with Gasteiger partial charge in [0.15, 0.2) is 0 Å². The van der Waals surface area contributed by atoms with Crippen LogP contribution in [0.2, 0.25) is 0 Å². The summed E-state index contributed by atoms with van der Waals surface area (Å²) in [6, 6.07) is 0. The van der Waals surface area contributed by atoms with E-state index in [0.29, 0.717) is 6.54 Å². The predicted molar refractivity (Wildman–Crippen MR) is 72.8 cm³/mol. The van der Waals surface area contributed by atoms with E-state index in [1.54, 1.807) is 7.05 Å². The number of nitrogens with one attached hydrogen (secondary N) is 1. The zero-order chi connectivity index (χ0) is 14.5. The summed E-state index contributed by atoms with van der Waals surface area (Å²) >= 11 is 0. The van der Waals surface area contributed by atoms with Crippen LogP contribution >= 0.6 is 0 Å². The topological polar surface area (TPSA) is 104 Å². The Balaban J connectivity index is 2.72. The third-order valence-electron chi connectivity index (χ3n) is 2.54. The maximum Gasteiger partial charge on any atom is 0.245 e. The maximum atomic E-state index is 12.2. The van der Waals surface area contributed by atoms with Crippen LogP contribution in [-0.2, 0) is 10.0 Å². The fraction of sp³-hybridized carbons (Fsp3) is 0.600. The number of sulfonamides is 1. The van der Waals surface area contributed by atoms with Crippen LogP contribution in [0.5, 0.6) is 0 Å². The Morgan fingerprint density at radius 3 is 2.26 bits per heavy atom. The molecule has 0 aliphatic heterocycles. The molecule has 0 saturated heterocycles. The minimum atomic E-state index is -3.54. The summed E-state index contributed by atoms with van der Waals surface area (Å²) in [7, 11) is 1.89. The monoisotopic (exact) mass is 288 g/mol. The molecule has 3 N–H and O–H groups in total. The van der Waals surface area contributed by atoms with Gasteiger partial charge in [-0.3, -0.25) is 5.43 Å². The van der Waals surface area contributed by atoms with Crippen LogP contribution in [0, 0.1) is 0 Å². The number of hydrogen-bond acceptors (Lipinski definition) is 7. The molecule has 8 nitrogen and oxygen atoms in total. The highest BCUT2D eigenvalue weighted by Crippen LogP contribution is 2.13. The quantitative estimate of drug-likeness (QED) is 0.506. The SMILES string of the molecule is CN(C)CCCN(C)S(=O)(=O)c1cnc(NN)nc1. The van der Waals surface area contributed by atoms with Crippen molar-refractivity contribution >= 4 is 16.0 Å². The summed E-state index contributed by atoms with van der Waals surface area (Å²) in [4.78, 5) is 9.65. The Morgan fingerprint density at radius 2 is 1.79 bits per heavy atom. The fourth-order valence-corrected chi connectivity index (χ4v) is 2.53. The van der Waals surface area contributed by atoms with Gasteiger partial charge in [0.1, 0.15) is 4.90 Å². The van der Waals surface area contributed by atoms with Gasteiger partial charge >= 0.3 is 0 Å². The van der Waals surface area contributed by atoms with Gasteiger partial charge in [0.2, 0.25) is 16.0 Å². The first-order chi connectivity index (χ1) is 8.87. The number of nitrogens with two attached hydrogens (primary N) is 1. The lowest BCUT2D eigenvalue weighted by Gasteiger charge is -2.18. The van der Waals surface area contributed by atoms with Crippen molar-refractivity contribution in [3.8, 4) is 0 Å². The largest absolute Gasteiger partial charge is 0.309 e. The fourth-order valence-electron chi connectivity index (χ4n) is 1.43. The molecular weight excluding hydrogens is 268 g/mol. The van der Waals surface area contributed by atoms with Crippen molar-refractivity contribution in [3.05, 3.63) is 12.4 Å². The van der Waals surface area contributed by atoms with Crippen molar-refractivity contribution < 1.29 is 8.42 Å². The molecule has 9 heteroatoms. The average Bonchev–Trinajstić information content (AvgIpc) is 2.38. The molecule has 0 spiro atoms. The van der Waals surface area contributed by atoms with Crippen molar-refractivity contribution in [1.29, 1.82) is 0 Å². The first-order valence-electron chi connectivity index (χ1n) is 5.77. The molecule has 0 aliphatic carbocycles. The Labute approximate surface area is 113 Å². The lowest BCUT2D eigenvalue weighted by molar-refractivity contribution is 0.370. The van der Waals surface area contributed by atoms with E-state index in [9.17, 15) is 8.42 Å². The van der Waals surface area contributed by atoms with E-state index < -0.39 is 10.0 Å². The zero-order valence-corrected chi connectivity index (χ0v) is 12.2. The minimum absolute atomic E-state index is 0.0545. The summed E-state index contributed by atoms with van der Waals surface area (Å²) in [6.07, 6.45) is 3.23. The van der Waals surface area contributed by atoms with Crippen LogP contribution in [0.3, 0.4) is 0 Å². The second-order valence-electron chi connectivity index (χ2n) is 4.37. The number of aromatic nitrogens is 2. The van der Waals surface area contributed by atoms with E-state index in [4.69, 9.17) is 5.84 Å². The van der Waals surface area contributed by atoms with E-state index in [1.165, 1.54) is 16.7 Å². The Morgan fingerprint density at radius 1 is 1.21 bits per heavy atom. The third kappa shape index (κ3) is 4.39. The van der Waals surface area contributed by atoms with Crippen LogP contribution in [0.4, 0.5) is 5.95 Å². The normalized spacial score (nSPS) is 12.1. The van der Waals surface area contributed by atoms with Gasteiger partial charge in [-0.25, -0.2) is 28.5 Å². The molecule has 1 heterocycles. The minimum Gasteiger partial charge on any atom is -0.309 e. The summed E-state index contributed by atoms with van der Waals surface area (Å²) in [6.45, 7) is 1.27. The van der Waals surface area contributed by atoms with Gasteiger partial charge < -0.3 is 4.90 Å². The first-order valence-corrected chi connectivity index (χ1v) is 7.21. The second-order valence-corrected chi connectivity index (χ2v) is 6.41. The van der Waals surface area contributed by atoms with Gasteiger partial charge in [-0.2, -0.15) is 0 Å². The molecule has 108 valence electrons. The number of anilines is 1. The first kappa shape index (κ1) is 15.8. The lowest BCUT2D eigenvalue weighted by Crippen LogP contribution is -2.30. The highest BCUT2D eigenvalue weighted by atomic mass is 32.2. The van der Waals surface area contributed by atoms with Crippen molar-refractivity contribution in [2.24, 2.45) is 5.84 Å². The predicted octanol–water partition coefficient (Wildman–Crippen LogP) is -0.666. The highest BCUT2D eigenvalue weighted by Gasteiger charge is 2.21. The molecule has 0 atom stereocenters. The molecule has 1 rings (SSSR count). The van der Waals surface area contributed by atoms with Gasteiger partial charge in [-0.05, 0) is 27.1 Å².